The molecule has 0 aliphatic heterocycles. The Kier molecular flexibility index (Phi) is 3.97. The third kappa shape index (κ3) is 2.63. The summed E-state index contributed by atoms with van der Waals surface area (Å²) in [7, 11) is 0. The Morgan fingerprint density at radius 3 is 2.81 bits per heavy atom. The van der Waals surface area contributed by atoms with Crippen LogP contribution in [0.3, 0.4) is 0 Å². The fraction of sp³-hybridized carbons (Fsp3) is 0.571. The van der Waals surface area contributed by atoms with Gasteiger partial charge in [0.05, 0.1) is 6.61 Å². The van der Waals surface area contributed by atoms with E-state index in [1.54, 1.807) is 0 Å². The zero-order valence-corrected chi connectivity index (χ0v) is 9.95. The van der Waals surface area contributed by atoms with Gasteiger partial charge in [0.2, 0.25) is 0 Å². The van der Waals surface area contributed by atoms with E-state index in [9.17, 15) is 5.11 Å². The molecule has 0 amide bonds. The van der Waals surface area contributed by atoms with E-state index in [0.29, 0.717) is 6.04 Å². The van der Waals surface area contributed by atoms with Gasteiger partial charge in [-0.05, 0) is 36.8 Å². The Morgan fingerprint density at radius 1 is 1.38 bits per heavy atom. The van der Waals surface area contributed by atoms with Crippen molar-refractivity contribution in [2.45, 2.75) is 44.7 Å². The van der Waals surface area contributed by atoms with Crippen LogP contribution in [0.2, 0.25) is 0 Å². The van der Waals surface area contributed by atoms with Crippen LogP contribution < -0.4 is 5.32 Å². The van der Waals surface area contributed by atoms with Crippen LogP contribution in [0.4, 0.5) is 0 Å². The van der Waals surface area contributed by atoms with Crippen molar-refractivity contribution in [3.8, 4) is 0 Å². The minimum Gasteiger partial charge on any atom is -0.395 e. The van der Waals surface area contributed by atoms with Gasteiger partial charge in [-0.25, -0.2) is 0 Å². The van der Waals surface area contributed by atoms with Gasteiger partial charge in [0.15, 0.2) is 0 Å². The summed E-state index contributed by atoms with van der Waals surface area (Å²) in [4.78, 5) is 0. The molecule has 2 N–H and O–H groups in total. The maximum absolute atomic E-state index is 9.19. The van der Waals surface area contributed by atoms with Crippen LogP contribution in [-0.4, -0.2) is 23.8 Å². The average Bonchev–Trinajstić information content (AvgIpc) is 2.35. The molecule has 88 valence electrons. The SMILES string of the molecule is CC[C@@H](CO)NC1CCc2ccccc2C1. The number of nitrogens with one attached hydrogen (secondary N) is 1. The molecule has 2 rings (SSSR count). The van der Waals surface area contributed by atoms with E-state index in [-0.39, 0.29) is 12.6 Å². The second kappa shape index (κ2) is 5.46. The standard InChI is InChI=1S/C14H21NO/c1-2-13(10-16)15-14-8-7-11-5-3-4-6-12(11)9-14/h3-6,13-16H,2,7-10H2,1H3/t13-,14?/m0/s1. The van der Waals surface area contributed by atoms with Crippen molar-refractivity contribution >= 4 is 0 Å². The second-order valence-corrected chi connectivity index (χ2v) is 4.66. The van der Waals surface area contributed by atoms with Gasteiger partial charge in [-0.3, -0.25) is 0 Å². The highest BCUT2D eigenvalue weighted by Gasteiger charge is 2.19. The summed E-state index contributed by atoms with van der Waals surface area (Å²) in [5.74, 6) is 0. The predicted molar refractivity (Wildman–Crippen MR) is 66.6 cm³/mol. The second-order valence-electron chi connectivity index (χ2n) is 4.66. The quantitative estimate of drug-likeness (QED) is 0.810. The zero-order chi connectivity index (χ0) is 11.4. The maximum atomic E-state index is 9.19. The summed E-state index contributed by atoms with van der Waals surface area (Å²) in [5, 5.41) is 12.7. The van der Waals surface area contributed by atoms with E-state index >= 15 is 0 Å². The third-order valence-electron chi connectivity index (χ3n) is 3.53. The highest BCUT2D eigenvalue weighted by molar-refractivity contribution is 5.30. The van der Waals surface area contributed by atoms with E-state index in [1.165, 1.54) is 17.5 Å². The Balaban J connectivity index is 1.97. The first-order chi connectivity index (χ1) is 7.83. The topological polar surface area (TPSA) is 32.3 Å². The van der Waals surface area contributed by atoms with Crippen LogP contribution in [0.15, 0.2) is 24.3 Å². The van der Waals surface area contributed by atoms with E-state index in [2.05, 4.69) is 36.5 Å². The highest BCUT2D eigenvalue weighted by Crippen LogP contribution is 2.21. The van der Waals surface area contributed by atoms with E-state index in [0.717, 1.165) is 19.3 Å². The molecule has 0 bridgehead atoms. The number of hydrogen-bond donors (Lipinski definition) is 2. The number of hydrogen-bond acceptors (Lipinski definition) is 2. The molecule has 0 saturated heterocycles. The fourth-order valence-corrected chi connectivity index (χ4v) is 2.47. The molecule has 0 spiro atoms. The van der Waals surface area contributed by atoms with E-state index in [4.69, 9.17) is 0 Å². The summed E-state index contributed by atoms with van der Waals surface area (Å²) < 4.78 is 0. The lowest BCUT2D eigenvalue weighted by Gasteiger charge is -2.28. The minimum atomic E-state index is 0.245. The minimum absolute atomic E-state index is 0.245. The van der Waals surface area contributed by atoms with Crippen molar-refractivity contribution < 1.29 is 5.11 Å². The van der Waals surface area contributed by atoms with Crippen molar-refractivity contribution in [2.75, 3.05) is 6.61 Å². The Morgan fingerprint density at radius 2 is 2.12 bits per heavy atom. The lowest BCUT2D eigenvalue weighted by molar-refractivity contribution is 0.223. The molecule has 0 heterocycles. The number of benzene rings is 1. The van der Waals surface area contributed by atoms with Crippen LogP contribution in [0.5, 0.6) is 0 Å². The average molecular weight is 219 g/mol. The molecular weight excluding hydrogens is 198 g/mol. The van der Waals surface area contributed by atoms with Crippen molar-refractivity contribution in [3.05, 3.63) is 35.4 Å². The molecule has 16 heavy (non-hydrogen) atoms. The molecule has 1 unspecified atom stereocenters. The van der Waals surface area contributed by atoms with E-state index < -0.39 is 0 Å². The lowest BCUT2D eigenvalue weighted by Crippen LogP contribution is -2.43. The molecule has 2 nitrogen and oxygen atoms in total. The summed E-state index contributed by atoms with van der Waals surface area (Å²) in [6.45, 7) is 2.36. The molecular formula is C14H21NO. The van der Waals surface area contributed by atoms with Gasteiger partial charge in [-0.15, -0.1) is 0 Å². The van der Waals surface area contributed by atoms with Gasteiger partial charge in [-0.2, -0.15) is 0 Å². The highest BCUT2D eigenvalue weighted by atomic mass is 16.3. The van der Waals surface area contributed by atoms with Gasteiger partial charge in [-0.1, -0.05) is 31.2 Å². The lowest BCUT2D eigenvalue weighted by atomic mass is 9.88. The molecule has 2 heteroatoms. The van der Waals surface area contributed by atoms with Crippen LogP contribution in [0, 0.1) is 0 Å². The molecule has 1 aliphatic rings. The van der Waals surface area contributed by atoms with Crippen molar-refractivity contribution in [1.82, 2.24) is 5.32 Å². The first-order valence-corrected chi connectivity index (χ1v) is 6.27. The van der Waals surface area contributed by atoms with Crippen LogP contribution in [0.1, 0.15) is 30.9 Å². The van der Waals surface area contributed by atoms with Crippen LogP contribution >= 0.6 is 0 Å². The zero-order valence-electron chi connectivity index (χ0n) is 9.95. The summed E-state index contributed by atoms with van der Waals surface area (Å²) in [6, 6.07) is 9.49. The van der Waals surface area contributed by atoms with E-state index in [1.807, 2.05) is 0 Å². The molecule has 0 aromatic heterocycles. The van der Waals surface area contributed by atoms with Crippen molar-refractivity contribution in [2.24, 2.45) is 0 Å². The number of aliphatic hydroxyl groups is 1. The maximum Gasteiger partial charge on any atom is 0.0584 e. The molecule has 1 aromatic carbocycles. The monoisotopic (exact) mass is 219 g/mol. The summed E-state index contributed by atoms with van der Waals surface area (Å²) in [6.07, 6.45) is 4.45. The smallest absolute Gasteiger partial charge is 0.0584 e. The molecule has 2 atom stereocenters. The van der Waals surface area contributed by atoms with Crippen LogP contribution in [-0.2, 0) is 12.8 Å². The van der Waals surface area contributed by atoms with Crippen molar-refractivity contribution in [3.63, 3.8) is 0 Å². The van der Waals surface area contributed by atoms with Gasteiger partial charge in [0.1, 0.15) is 0 Å². The number of aliphatic hydroxyl groups excluding tert-OH is 1. The summed E-state index contributed by atoms with van der Waals surface area (Å²) in [5.41, 5.74) is 2.97. The molecule has 1 aromatic rings. The number of fused-ring (bicyclic) bond motifs is 1. The Labute approximate surface area is 97.7 Å². The van der Waals surface area contributed by atoms with Gasteiger partial charge >= 0.3 is 0 Å². The normalized spacial score (nSPS) is 21.5. The predicted octanol–water partition coefficient (Wildman–Crippen LogP) is 1.90. The molecule has 0 radical (unpaired) electrons. The van der Waals surface area contributed by atoms with Gasteiger partial charge < -0.3 is 10.4 Å². The van der Waals surface area contributed by atoms with Crippen molar-refractivity contribution in [1.29, 1.82) is 0 Å². The molecule has 1 aliphatic carbocycles. The first kappa shape index (κ1) is 11.6. The fourth-order valence-electron chi connectivity index (χ4n) is 2.47. The Hall–Kier alpha value is -0.860. The Bertz CT molecular complexity index is 333. The number of rotatable bonds is 4. The summed E-state index contributed by atoms with van der Waals surface area (Å²) >= 11 is 0. The molecule has 0 saturated carbocycles. The largest absolute Gasteiger partial charge is 0.395 e. The number of aryl methyl sites for hydroxylation is 1. The van der Waals surface area contributed by atoms with Gasteiger partial charge in [0, 0.05) is 12.1 Å². The molecule has 0 fully saturated rings. The first-order valence-electron chi connectivity index (χ1n) is 6.27. The van der Waals surface area contributed by atoms with Gasteiger partial charge in [0.25, 0.3) is 0 Å². The van der Waals surface area contributed by atoms with Crippen LogP contribution in [0.25, 0.3) is 0 Å². The third-order valence-corrected chi connectivity index (χ3v) is 3.53.